The van der Waals surface area contributed by atoms with Crippen molar-refractivity contribution in [2.24, 2.45) is 0 Å². The van der Waals surface area contributed by atoms with E-state index in [0.29, 0.717) is 35.0 Å². The van der Waals surface area contributed by atoms with Gasteiger partial charge in [0.1, 0.15) is 5.75 Å². The van der Waals surface area contributed by atoms with E-state index in [1.54, 1.807) is 36.1 Å². The zero-order chi connectivity index (χ0) is 17.3. The first-order chi connectivity index (χ1) is 11.5. The normalized spacial score (nSPS) is 16.5. The second-order valence-electron chi connectivity index (χ2n) is 5.74. The third kappa shape index (κ3) is 3.02. The Morgan fingerprint density at radius 3 is 2.71 bits per heavy atom. The molecule has 24 heavy (non-hydrogen) atoms. The predicted molar refractivity (Wildman–Crippen MR) is 93.8 cm³/mol. The average Bonchev–Trinajstić information content (AvgIpc) is 2.59. The summed E-state index contributed by atoms with van der Waals surface area (Å²) in [6.07, 6.45) is -0.165. The Kier molecular flexibility index (Phi) is 4.58. The highest BCUT2D eigenvalue weighted by molar-refractivity contribution is 6.31. The molecule has 2 aromatic carbocycles. The van der Waals surface area contributed by atoms with Gasteiger partial charge in [0.2, 0.25) is 0 Å². The number of anilines is 1. The second kappa shape index (κ2) is 6.65. The number of carbonyl (C=O) groups excluding carboxylic acids is 2. The molecule has 0 bridgehead atoms. The molecule has 0 fully saturated rings. The van der Waals surface area contributed by atoms with E-state index in [9.17, 15) is 9.59 Å². The van der Waals surface area contributed by atoms with Crippen LogP contribution in [-0.2, 0) is 11.3 Å². The van der Waals surface area contributed by atoms with Crippen molar-refractivity contribution in [1.82, 2.24) is 0 Å². The molecule has 0 saturated heterocycles. The lowest BCUT2D eigenvalue weighted by molar-refractivity contribution is -0.125. The van der Waals surface area contributed by atoms with Crippen LogP contribution in [0.2, 0.25) is 5.02 Å². The van der Waals surface area contributed by atoms with Gasteiger partial charge in [-0.25, -0.2) is 0 Å². The molecule has 1 aliphatic heterocycles. The van der Waals surface area contributed by atoms with E-state index in [-0.39, 0.29) is 11.7 Å². The molecule has 1 amide bonds. The van der Waals surface area contributed by atoms with Crippen molar-refractivity contribution in [3.63, 3.8) is 0 Å². The number of amides is 1. The smallest absolute Gasteiger partial charge is 0.268 e. The molecule has 1 heterocycles. The molecule has 2 aromatic rings. The van der Waals surface area contributed by atoms with Gasteiger partial charge in [-0.15, -0.1) is 0 Å². The minimum absolute atomic E-state index is 0.0292. The van der Waals surface area contributed by atoms with Gasteiger partial charge >= 0.3 is 0 Å². The minimum atomic E-state index is -0.576. The van der Waals surface area contributed by atoms with Crippen LogP contribution in [-0.4, -0.2) is 17.8 Å². The van der Waals surface area contributed by atoms with Gasteiger partial charge in [-0.2, -0.15) is 0 Å². The average molecular weight is 344 g/mol. The second-order valence-corrected chi connectivity index (χ2v) is 6.14. The van der Waals surface area contributed by atoms with Crippen LogP contribution >= 0.6 is 11.6 Å². The summed E-state index contributed by atoms with van der Waals surface area (Å²) in [6, 6.07) is 12.6. The van der Waals surface area contributed by atoms with E-state index in [0.717, 1.165) is 5.56 Å². The number of hydrogen-bond donors (Lipinski definition) is 0. The van der Waals surface area contributed by atoms with Gasteiger partial charge in [-0.1, -0.05) is 36.7 Å². The fourth-order valence-electron chi connectivity index (χ4n) is 2.74. The summed E-state index contributed by atoms with van der Waals surface area (Å²) >= 11 is 6.24. The lowest BCUT2D eigenvalue weighted by atomic mass is 10.0. The SMILES string of the molecule is CCC(=O)c1ccc2c(c1)N(Cc1ccccc1Cl)C(=O)C(C)O2. The molecular weight excluding hydrogens is 326 g/mol. The summed E-state index contributed by atoms with van der Waals surface area (Å²) in [4.78, 5) is 26.3. The van der Waals surface area contributed by atoms with Crippen molar-refractivity contribution < 1.29 is 14.3 Å². The van der Waals surface area contributed by atoms with Crippen LogP contribution in [0.25, 0.3) is 0 Å². The number of ether oxygens (including phenoxy) is 1. The Hall–Kier alpha value is -2.33. The van der Waals surface area contributed by atoms with Crippen LogP contribution in [0.5, 0.6) is 5.75 Å². The third-order valence-electron chi connectivity index (χ3n) is 4.10. The van der Waals surface area contributed by atoms with E-state index >= 15 is 0 Å². The summed E-state index contributed by atoms with van der Waals surface area (Å²) in [7, 11) is 0. The topological polar surface area (TPSA) is 46.6 Å². The zero-order valence-corrected chi connectivity index (χ0v) is 14.3. The first-order valence-corrected chi connectivity index (χ1v) is 8.27. The molecule has 124 valence electrons. The molecule has 4 nitrogen and oxygen atoms in total. The van der Waals surface area contributed by atoms with Crippen LogP contribution in [0.15, 0.2) is 42.5 Å². The quantitative estimate of drug-likeness (QED) is 0.780. The molecule has 0 aliphatic carbocycles. The first-order valence-electron chi connectivity index (χ1n) is 7.90. The molecule has 1 aliphatic rings. The molecule has 0 spiro atoms. The number of hydrogen-bond acceptors (Lipinski definition) is 3. The molecule has 0 aromatic heterocycles. The van der Waals surface area contributed by atoms with E-state index in [1.807, 2.05) is 25.1 Å². The Morgan fingerprint density at radius 1 is 1.25 bits per heavy atom. The van der Waals surface area contributed by atoms with Crippen LogP contribution in [0.4, 0.5) is 5.69 Å². The van der Waals surface area contributed by atoms with Crippen molar-refractivity contribution >= 4 is 29.0 Å². The highest BCUT2D eigenvalue weighted by atomic mass is 35.5. The van der Waals surface area contributed by atoms with Crippen molar-refractivity contribution in [3.8, 4) is 5.75 Å². The van der Waals surface area contributed by atoms with E-state index in [4.69, 9.17) is 16.3 Å². The van der Waals surface area contributed by atoms with Gasteiger partial charge in [0.05, 0.1) is 12.2 Å². The summed E-state index contributed by atoms with van der Waals surface area (Å²) in [6.45, 7) is 3.87. The maximum Gasteiger partial charge on any atom is 0.268 e. The van der Waals surface area contributed by atoms with Gasteiger partial charge in [0.25, 0.3) is 5.91 Å². The minimum Gasteiger partial charge on any atom is -0.479 e. The number of Topliss-reactive ketones (excluding diaryl/α,β-unsaturated/α-hetero) is 1. The van der Waals surface area contributed by atoms with E-state index in [1.165, 1.54) is 0 Å². The molecular formula is C19H18ClNO3. The molecule has 3 rings (SSSR count). The summed E-state index contributed by atoms with van der Waals surface area (Å²) in [5.41, 5.74) is 2.03. The van der Waals surface area contributed by atoms with E-state index < -0.39 is 6.10 Å². The Morgan fingerprint density at radius 2 is 2.00 bits per heavy atom. The molecule has 1 atom stereocenters. The van der Waals surface area contributed by atoms with Crippen LogP contribution in [0.1, 0.15) is 36.2 Å². The Labute approximate surface area is 146 Å². The van der Waals surface area contributed by atoms with Gasteiger partial charge in [0, 0.05) is 17.0 Å². The number of halogens is 1. The number of rotatable bonds is 4. The number of fused-ring (bicyclic) bond motifs is 1. The fraction of sp³-hybridized carbons (Fsp3) is 0.263. The fourth-order valence-corrected chi connectivity index (χ4v) is 2.94. The van der Waals surface area contributed by atoms with Crippen molar-refractivity contribution in [1.29, 1.82) is 0 Å². The molecule has 0 saturated carbocycles. The van der Waals surface area contributed by atoms with Gasteiger partial charge in [-0.3, -0.25) is 9.59 Å². The van der Waals surface area contributed by atoms with Crippen LogP contribution in [0.3, 0.4) is 0 Å². The number of nitrogens with zero attached hydrogens (tertiary/aromatic N) is 1. The van der Waals surface area contributed by atoms with Crippen LogP contribution < -0.4 is 9.64 Å². The number of carbonyl (C=O) groups is 2. The molecule has 5 heteroatoms. The standard InChI is InChI=1S/C19H18ClNO3/c1-3-17(22)13-8-9-18-16(10-13)21(19(23)12(2)24-18)11-14-6-4-5-7-15(14)20/h4-10,12H,3,11H2,1-2H3. The molecule has 1 unspecified atom stereocenters. The molecule has 0 radical (unpaired) electrons. The maximum atomic E-state index is 12.6. The van der Waals surface area contributed by atoms with Crippen molar-refractivity contribution in [2.45, 2.75) is 32.9 Å². The summed E-state index contributed by atoms with van der Waals surface area (Å²) in [5.74, 6) is 0.479. The third-order valence-corrected chi connectivity index (χ3v) is 4.47. The first kappa shape index (κ1) is 16.5. The highest BCUT2D eigenvalue weighted by Crippen LogP contribution is 2.36. The van der Waals surface area contributed by atoms with Gasteiger partial charge in [0.15, 0.2) is 11.9 Å². The summed E-state index contributed by atoms with van der Waals surface area (Å²) in [5, 5.41) is 0.604. The van der Waals surface area contributed by atoms with Crippen LogP contribution in [0, 0.1) is 0 Å². The zero-order valence-electron chi connectivity index (χ0n) is 13.6. The molecule has 0 N–H and O–H groups in total. The summed E-state index contributed by atoms with van der Waals surface area (Å²) < 4.78 is 5.68. The van der Waals surface area contributed by atoms with Gasteiger partial charge < -0.3 is 9.64 Å². The lowest BCUT2D eigenvalue weighted by Gasteiger charge is -2.33. The van der Waals surface area contributed by atoms with E-state index in [2.05, 4.69) is 0 Å². The Balaban J connectivity index is 2.04. The van der Waals surface area contributed by atoms with Crippen molar-refractivity contribution in [3.05, 3.63) is 58.6 Å². The van der Waals surface area contributed by atoms with Gasteiger partial charge in [-0.05, 0) is 36.8 Å². The monoisotopic (exact) mass is 343 g/mol. The predicted octanol–water partition coefficient (Wildman–Crippen LogP) is 4.25. The van der Waals surface area contributed by atoms with Crippen molar-refractivity contribution in [2.75, 3.05) is 4.90 Å². The number of benzene rings is 2. The maximum absolute atomic E-state index is 12.6. The highest BCUT2D eigenvalue weighted by Gasteiger charge is 2.32. The lowest BCUT2D eigenvalue weighted by Crippen LogP contribution is -2.44. The largest absolute Gasteiger partial charge is 0.479 e. The Bertz CT molecular complexity index is 803. The number of ketones is 1.